The lowest BCUT2D eigenvalue weighted by atomic mass is 9.94. The highest BCUT2D eigenvalue weighted by Crippen LogP contribution is 2.38. The van der Waals surface area contributed by atoms with E-state index in [9.17, 15) is 31.1 Å². The summed E-state index contributed by atoms with van der Waals surface area (Å²) in [4.78, 5) is 28.0. The van der Waals surface area contributed by atoms with Gasteiger partial charge in [0.1, 0.15) is 5.52 Å². The van der Waals surface area contributed by atoms with E-state index in [1.54, 1.807) is 6.07 Å². The van der Waals surface area contributed by atoms with Crippen molar-refractivity contribution in [3.8, 4) is 17.1 Å². The van der Waals surface area contributed by atoms with E-state index in [0.717, 1.165) is 50.9 Å². The third kappa shape index (κ3) is 7.83. The number of pyridine rings is 2. The maximum Gasteiger partial charge on any atom is 0.416 e. The van der Waals surface area contributed by atoms with Crippen LogP contribution in [0.15, 0.2) is 66.7 Å². The van der Waals surface area contributed by atoms with Gasteiger partial charge in [-0.15, -0.1) is 0 Å². The molecule has 2 fully saturated rings. The quantitative estimate of drug-likeness (QED) is 0.191. The van der Waals surface area contributed by atoms with E-state index in [2.05, 4.69) is 20.1 Å². The molecule has 1 N–H and O–H groups in total. The summed E-state index contributed by atoms with van der Waals surface area (Å²) in [7, 11) is 1.36. The Balaban J connectivity index is 1.48. The second kappa shape index (κ2) is 14.3. The zero-order valence-electron chi connectivity index (χ0n) is 26.9. The molecule has 0 saturated carbocycles. The van der Waals surface area contributed by atoms with Crippen LogP contribution in [0.5, 0.6) is 5.88 Å². The summed E-state index contributed by atoms with van der Waals surface area (Å²) in [5.41, 5.74) is -0.844. The van der Waals surface area contributed by atoms with Crippen LogP contribution >= 0.6 is 0 Å². The fraction of sp³-hybridized carbons (Fsp3) is 0.417. The third-order valence-electron chi connectivity index (χ3n) is 9.39. The van der Waals surface area contributed by atoms with Gasteiger partial charge in [0.2, 0.25) is 5.88 Å². The van der Waals surface area contributed by atoms with Crippen LogP contribution in [0.1, 0.15) is 65.2 Å². The minimum absolute atomic E-state index is 0.0141. The highest BCUT2D eigenvalue weighted by Gasteiger charge is 2.43. The average molecular weight is 686 g/mol. The van der Waals surface area contributed by atoms with Crippen LogP contribution < -0.4 is 10.1 Å². The number of carbonyl (C=O) groups is 1. The van der Waals surface area contributed by atoms with Gasteiger partial charge in [-0.1, -0.05) is 48.9 Å². The van der Waals surface area contributed by atoms with E-state index in [0.29, 0.717) is 19.1 Å². The summed E-state index contributed by atoms with van der Waals surface area (Å²) < 4.78 is 90.4. The molecule has 0 bridgehead atoms. The van der Waals surface area contributed by atoms with Gasteiger partial charge in [0, 0.05) is 29.8 Å². The van der Waals surface area contributed by atoms with Crippen LogP contribution in [-0.2, 0) is 12.7 Å². The van der Waals surface area contributed by atoms with Crippen molar-refractivity contribution < 1.29 is 35.9 Å². The Labute approximate surface area is 280 Å². The van der Waals surface area contributed by atoms with Crippen molar-refractivity contribution in [1.29, 1.82) is 0 Å². The van der Waals surface area contributed by atoms with Crippen LogP contribution in [0.3, 0.4) is 0 Å². The molecule has 4 heterocycles. The van der Waals surface area contributed by atoms with Crippen molar-refractivity contribution in [3.63, 3.8) is 0 Å². The van der Waals surface area contributed by atoms with Gasteiger partial charge in [0.05, 0.1) is 29.4 Å². The van der Waals surface area contributed by atoms with Gasteiger partial charge in [0.25, 0.3) is 5.91 Å². The fourth-order valence-corrected chi connectivity index (χ4v) is 6.90. The third-order valence-corrected chi connectivity index (χ3v) is 9.39. The van der Waals surface area contributed by atoms with Crippen molar-refractivity contribution >= 4 is 16.9 Å². The minimum Gasteiger partial charge on any atom is -0.481 e. The number of fused-ring (bicyclic) bond motifs is 1. The Bertz CT molecular complexity index is 1770. The number of carbonyl (C=O) groups excluding carboxylic acids is 1. The van der Waals surface area contributed by atoms with Gasteiger partial charge in [-0.3, -0.25) is 9.69 Å². The SMILES string of the molecule is COc1ccc2nc(-c3cccc(C(F)(F)F)c3)c(CN3CCC(N4CCCCC4)CC3)c(C(=O)NC(c3ccccc3)C(F)(F)F)c2n1. The smallest absolute Gasteiger partial charge is 0.416 e. The number of nitrogens with zero attached hydrogens (tertiary/aromatic N) is 4. The first-order chi connectivity index (χ1) is 23.4. The Morgan fingerprint density at radius 2 is 1.61 bits per heavy atom. The summed E-state index contributed by atoms with van der Waals surface area (Å²) in [5, 5.41) is 2.18. The number of benzene rings is 2. The molecular formula is C36H37F6N5O2. The maximum atomic E-state index is 14.5. The van der Waals surface area contributed by atoms with E-state index in [-0.39, 0.29) is 51.4 Å². The summed E-state index contributed by atoms with van der Waals surface area (Å²) in [6.45, 7) is 3.40. The number of likely N-dealkylation sites (tertiary alicyclic amines) is 2. The summed E-state index contributed by atoms with van der Waals surface area (Å²) >= 11 is 0. The van der Waals surface area contributed by atoms with Gasteiger partial charge in [-0.05, 0) is 75.6 Å². The molecule has 1 atom stereocenters. The Morgan fingerprint density at radius 3 is 2.27 bits per heavy atom. The first-order valence-corrected chi connectivity index (χ1v) is 16.4. The number of alkyl halides is 6. The molecule has 4 aromatic rings. The number of aromatic nitrogens is 2. The lowest BCUT2D eigenvalue weighted by molar-refractivity contribution is -0.155. The van der Waals surface area contributed by atoms with Crippen molar-refractivity contribution in [3.05, 3.63) is 89.0 Å². The fourth-order valence-electron chi connectivity index (χ4n) is 6.90. The second-order valence-electron chi connectivity index (χ2n) is 12.6. The number of hydrogen-bond acceptors (Lipinski definition) is 6. The van der Waals surface area contributed by atoms with Gasteiger partial charge in [-0.2, -0.15) is 26.3 Å². The number of nitrogens with one attached hydrogen (secondary N) is 1. The Morgan fingerprint density at radius 1 is 0.898 bits per heavy atom. The Hall–Kier alpha value is -4.23. The molecule has 6 rings (SSSR count). The predicted molar refractivity (Wildman–Crippen MR) is 173 cm³/mol. The monoisotopic (exact) mass is 685 g/mol. The summed E-state index contributed by atoms with van der Waals surface area (Å²) in [6.07, 6.45) is -4.30. The number of piperidine rings is 2. The minimum atomic E-state index is -4.86. The number of ether oxygens (including phenoxy) is 1. The highest BCUT2D eigenvalue weighted by molar-refractivity contribution is 6.08. The Kier molecular flexibility index (Phi) is 10.1. The summed E-state index contributed by atoms with van der Waals surface area (Å²) in [5.74, 6) is -0.982. The largest absolute Gasteiger partial charge is 0.481 e. The number of hydrogen-bond donors (Lipinski definition) is 1. The molecule has 2 aromatic heterocycles. The predicted octanol–water partition coefficient (Wildman–Crippen LogP) is 7.81. The van der Waals surface area contributed by atoms with Crippen molar-refractivity contribution in [2.75, 3.05) is 33.3 Å². The van der Waals surface area contributed by atoms with E-state index in [1.165, 1.54) is 62.1 Å². The molecule has 0 aliphatic carbocycles. The molecule has 2 saturated heterocycles. The first kappa shape index (κ1) is 34.6. The molecule has 1 amide bonds. The van der Waals surface area contributed by atoms with E-state index in [1.807, 2.05) is 0 Å². The molecule has 0 spiro atoms. The molecule has 260 valence electrons. The topological polar surface area (TPSA) is 70.6 Å². The average Bonchev–Trinajstić information content (AvgIpc) is 3.10. The molecule has 1 unspecified atom stereocenters. The van der Waals surface area contributed by atoms with Gasteiger partial charge in [-0.25, -0.2) is 9.97 Å². The number of methoxy groups -OCH3 is 1. The lowest BCUT2D eigenvalue weighted by Gasteiger charge is -2.40. The van der Waals surface area contributed by atoms with Crippen molar-refractivity contribution in [1.82, 2.24) is 25.1 Å². The van der Waals surface area contributed by atoms with E-state index in [4.69, 9.17) is 9.72 Å². The molecule has 13 heteroatoms. The molecule has 7 nitrogen and oxygen atoms in total. The van der Waals surface area contributed by atoms with E-state index >= 15 is 0 Å². The normalized spacial score (nSPS) is 17.6. The van der Waals surface area contributed by atoms with Crippen molar-refractivity contribution in [2.24, 2.45) is 0 Å². The molecular weight excluding hydrogens is 648 g/mol. The van der Waals surface area contributed by atoms with Crippen LogP contribution in [0.2, 0.25) is 0 Å². The standard InChI is InChI=1S/C36H37F6N5O2/c1-49-29-14-13-28-32(44-29)30(34(48)45-33(36(40,41)42)23-9-4-2-5-10-23)27(31(43-28)24-11-8-12-25(21-24)35(37,38)39)22-46-19-15-26(16-20-46)47-17-6-3-7-18-47/h2,4-5,8-14,21,26,33H,3,6-7,15-20,22H2,1H3,(H,45,48). The van der Waals surface area contributed by atoms with Gasteiger partial charge in [0.15, 0.2) is 6.04 Å². The van der Waals surface area contributed by atoms with Crippen LogP contribution in [0, 0.1) is 0 Å². The van der Waals surface area contributed by atoms with Crippen molar-refractivity contribution in [2.45, 2.75) is 63.1 Å². The molecule has 2 aliphatic heterocycles. The van der Waals surface area contributed by atoms with Gasteiger partial charge < -0.3 is 15.0 Å². The van der Waals surface area contributed by atoms with E-state index < -0.39 is 29.9 Å². The number of amides is 1. The van der Waals surface area contributed by atoms with Gasteiger partial charge >= 0.3 is 12.4 Å². The zero-order chi connectivity index (χ0) is 34.8. The lowest BCUT2D eigenvalue weighted by Crippen LogP contribution is -2.46. The molecule has 2 aliphatic rings. The molecule has 0 radical (unpaired) electrons. The summed E-state index contributed by atoms with van der Waals surface area (Å²) in [6, 6.07) is 12.6. The van der Waals surface area contributed by atoms with Crippen LogP contribution in [0.4, 0.5) is 26.3 Å². The molecule has 49 heavy (non-hydrogen) atoms. The second-order valence-corrected chi connectivity index (χ2v) is 12.6. The number of rotatable bonds is 8. The highest BCUT2D eigenvalue weighted by atomic mass is 19.4. The van der Waals surface area contributed by atoms with Crippen LogP contribution in [-0.4, -0.2) is 71.2 Å². The maximum absolute atomic E-state index is 14.5. The number of halogens is 6. The first-order valence-electron chi connectivity index (χ1n) is 16.4. The zero-order valence-corrected chi connectivity index (χ0v) is 26.9. The molecule has 2 aromatic carbocycles. The van der Waals surface area contributed by atoms with Crippen LogP contribution in [0.25, 0.3) is 22.3 Å².